The molecule has 0 saturated carbocycles. The number of hydrogen-bond donors (Lipinski definition) is 2. The maximum Gasteiger partial charge on any atom is 0.262 e. The Bertz CT molecular complexity index is 1220. The number of aryl methyl sites for hydroxylation is 1. The number of aliphatic hydroxyl groups excluding tert-OH is 1. The largest absolute Gasteiger partial charge is 0.396 e. The molecule has 0 saturated heterocycles. The Labute approximate surface area is 193 Å². The molecule has 3 aromatic heterocycles. The quantitative estimate of drug-likeness (QED) is 0.269. The highest BCUT2D eigenvalue weighted by Gasteiger charge is 2.36. The van der Waals surface area contributed by atoms with Crippen molar-refractivity contribution >= 4 is 42.1 Å². The van der Waals surface area contributed by atoms with Gasteiger partial charge < -0.3 is 19.0 Å². The number of carbonyl (C=O) groups is 2. The number of hydrogen-bond acceptors (Lipinski definition) is 6. The van der Waals surface area contributed by atoms with E-state index in [-0.39, 0.29) is 24.5 Å². The first kappa shape index (κ1) is 23.1. The van der Waals surface area contributed by atoms with Crippen LogP contribution in [0, 0.1) is 0 Å². The lowest BCUT2D eigenvalue weighted by atomic mass is 10.0. The summed E-state index contributed by atoms with van der Waals surface area (Å²) in [6, 6.07) is 4.70. The minimum absolute atomic E-state index is 0.0455. The van der Waals surface area contributed by atoms with Crippen molar-refractivity contribution in [3.63, 3.8) is 0 Å². The van der Waals surface area contributed by atoms with Gasteiger partial charge in [0.2, 0.25) is 0 Å². The number of imide groups is 1. The van der Waals surface area contributed by atoms with Crippen LogP contribution in [0.5, 0.6) is 0 Å². The summed E-state index contributed by atoms with van der Waals surface area (Å²) in [4.78, 5) is 34.6. The zero-order valence-corrected chi connectivity index (χ0v) is 20.2. The average Bonchev–Trinajstić information content (AvgIpc) is 3.44. The minimum atomic E-state index is -1.22. The lowest BCUT2D eigenvalue weighted by Gasteiger charge is -2.16. The summed E-state index contributed by atoms with van der Waals surface area (Å²) in [7, 11) is -1.22. The predicted octanol–water partition coefficient (Wildman–Crippen LogP) is 2.49. The Balaban J connectivity index is 1.74. The fourth-order valence-electron chi connectivity index (χ4n) is 3.84. The zero-order valence-electron chi connectivity index (χ0n) is 19.2. The molecule has 2 amide bonds. The lowest BCUT2D eigenvalue weighted by Crippen LogP contribution is -2.23. The predicted molar refractivity (Wildman–Crippen MR) is 128 cm³/mol. The number of nitrogens with zero attached hydrogens (tertiary/aromatic N) is 4. The van der Waals surface area contributed by atoms with Gasteiger partial charge in [0, 0.05) is 63.6 Å². The topological polar surface area (TPSA) is 111 Å². The van der Waals surface area contributed by atoms with Gasteiger partial charge in [-0.25, -0.2) is 9.97 Å². The van der Waals surface area contributed by atoms with E-state index in [0.717, 1.165) is 11.4 Å². The van der Waals surface area contributed by atoms with Gasteiger partial charge >= 0.3 is 0 Å². The van der Waals surface area contributed by atoms with Crippen LogP contribution in [0.2, 0.25) is 25.7 Å². The molecular weight excluding hydrogens is 438 g/mol. The fraction of sp³-hybridized carbons (Fsp3) is 0.391. The smallest absolute Gasteiger partial charge is 0.262 e. The van der Waals surface area contributed by atoms with Gasteiger partial charge in [0.1, 0.15) is 18.2 Å². The van der Waals surface area contributed by atoms with Gasteiger partial charge in [0.15, 0.2) is 0 Å². The van der Waals surface area contributed by atoms with E-state index in [0.29, 0.717) is 36.6 Å². The van der Waals surface area contributed by atoms with Crippen LogP contribution in [-0.4, -0.2) is 57.3 Å². The summed E-state index contributed by atoms with van der Waals surface area (Å²) in [6.45, 7) is 8.33. The lowest BCUT2D eigenvalue weighted by molar-refractivity contribution is -0.122. The first-order valence-corrected chi connectivity index (χ1v) is 14.7. The summed E-state index contributed by atoms with van der Waals surface area (Å²) in [6.07, 6.45) is 7.40. The molecule has 0 unspecified atom stereocenters. The molecule has 1 aliphatic rings. The van der Waals surface area contributed by atoms with Crippen LogP contribution in [0.25, 0.3) is 22.2 Å². The van der Waals surface area contributed by atoms with Crippen molar-refractivity contribution in [2.75, 3.05) is 13.2 Å². The molecule has 9 nitrogen and oxygen atoms in total. The Morgan fingerprint density at radius 3 is 2.64 bits per heavy atom. The third-order valence-electron chi connectivity index (χ3n) is 5.56. The minimum Gasteiger partial charge on any atom is -0.396 e. The average molecular weight is 468 g/mol. The molecule has 0 aliphatic carbocycles. The second kappa shape index (κ2) is 9.42. The van der Waals surface area contributed by atoms with Crippen molar-refractivity contribution in [2.45, 2.75) is 45.4 Å². The van der Waals surface area contributed by atoms with Gasteiger partial charge in [-0.2, -0.15) is 0 Å². The number of amides is 2. The zero-order chi connectivity index (χ0) is 23.6. The maximum absolute atomic E-state index is 12.9. The molecule has 0 radical (unpaired) electrons. The van der Waals surface area contributed by atoms with Gasteiger partial charge in [-0.15, -0.1) is 0 Å². The number of pyridine rings is 1. The van der Waals surface area contributed by atoms with Crippen LogP contribution in [0.3, 0.4) is 0 Å². The molecule has 0 aromatic carbocycles. The number of imidazole rings is 1. The van der Waals surface area contributed by atoms with E-state index < -0.39 is 19.9 Å². The van der Waals surface area contributed by atoms with E-state index in [9.17, 15) is 14.7 Å². The summed E-state index contributed by atoms with van der Waals surface area (Å²) >= 11 is 0. The molecule has 4 rings (SSSR count). The molecule has 2 N–H and O–H groups in total. The van der Waals surface area contributed by atoms with Crippen LogP contribution in [0.1, 0.15) is 17.8 Å². The van der Waals surface area contributed by atoms with E-state index in [1.54, 1.807) is 29.2 Å². The molecule has 0 fully saturated rings. The Hall–Kier alpha value is -3.08. The second-order valence-corrected chi connectivity index (χ2v) is 14.9. The monoisotopic (exact) mass is 467 g/mol. The molecule has 3 aromatic rings. The van der Waals surface area contributed by atoms with E-state index in [4.69, 9.17) is 4.74 Å². The van der Waals surface area contributed by atoms with Crippen molar-refractivity contribution in [2.24, 2.45) is 0 Å². The molecule has 33 heavy (non-hydrogen) atoms. The van der Waals surface area contributed by atoms with Crippen LogP contribution in [0.4, 0.5) is 0 Å². The van der Waals surface area contributed by atoms with Crippen molar-refractivity contribution in [3.8, 4) is 0 Å². The van der Waals surface area contributed by atoms with Crippen molar-refractivity contribution in [1.82, 2.24) is 24.4 Å². The number of nitrogens with one attached hydrogen (secondary N) is 1. The molecule has 1 aliphatic heterocycles. The number of rotatable bonds is 10. The summed E-state index contributed by atoms with van der Waals surface area (Å²) in [5, 5.41) is 12.4. The van der Waals surface area contributed by atoms with Gasteiger partial charge in [0.25, 0.3) is 11.8 Å². The van der Waals surface area contributed by atoms with Gasteiger partial charge in [-0.3, -0.25) is 14.9 Å². The first-order valence-electron chi connectivity index (χ1n) is 11.0. The van der Waals surface area contributed by atoms with E-state index in [1.165, 1.54) is 0 Å². The van der Waals surface area contributed by atoms with Gasteiger partial charge in [0.05, 0.1) is 11.1 Å². The van der Waals surface area contributed by atoms with Gasteiger partial charge in [-0.05, 0) is 24.6 Å². The fourth-order valence-corrected chi connectivity index (χ4v) is 4.60. The van der Waals surface area contributed by atoms with Crippen molar-refractivity contribution in [3.05, 3.63) is 48.3 Å². The van der Waals surface area contributed by atoms with E-state index in [1.807, 2.05) is 16.8 Å². The third-order valence-corrected chi connectivity index (χ3v) is 7.26. The van der Waals surface area contributed by atoms with E-state index in [2.05, 4.69) is 34.9 Å². The van der Waals surface area contributed by atoms with Crippen LogP contribution in [-0.2, 0) is 27.6 Å². The number of carbonyl (C=O) groups excluding carboxylic acids is 2. The molecule has 10 heteroatoms. The number of fused-ring (bicyclic) bond motifs is 1. The number of ether oxygens (including phenoxy) is 1. The maximum atomic E-state index is 12.9. The van der Waals surface area contributed by atoms with Gasteiger partial charge in [-0.1, -0.05) is 19.6 Å². The molecule has 174 valence electrons. The second-order valence-electron chi connectivity index (χ2n) is 9.29. The Morgan fingerprint density at radius 2 is 1.88 bits per heavy atom. The third kappa shape index (κ3) is 4.82. The Kier molecular flexibility index (Phi) is 6.59. The van der Waals surface area contributed by atoms with Crippen LogP contribution < -0.4 is 5.32 Å². The van der Waals surface area contributed by atoms with E-state index >= 15 is 0 Å². The summed E-state index contributed by atoms with van der Waals surface area (Å²) < 4.78 is 9.50. The van der Waals surface area contributed by atoms with Crippen molar-refractivity contribution < 1.29 is 19.4 Å². The molecule has 0 spiro atoms. The standard InChI is InChI=1S/C23H29N5O4Si/c1-33(2,3)13-12-32-15-28-10-8-25-21(28)19-18(22(30)26-23(19)31)17-14-27(9-5-11-29)20-16(17)6-4-7-24-20/h4,6-8,10,14,29H,5,9,11-13,15H2,1-3H3,(H,26,30,31). The number of aromatic nitrogens is 4. The highest BCUT2D eigenvalue weighted by atomic mass is 28.3. The van der Waals surface area contributed by atoms with Crippen LogP contribution in [0.15, 0.2) is 36.9 Å². The van der Waals surface area contributed by atoms with Crippen molar-refractivity contribution in [1.29, 1.82) is 0 Å². The Morgan fingerprint density at radius 1 is 1.09 bits per heavy atom. The SMILES string of the molecule is C[Si](C)(C)CCOCn1ccnc1C1=C(c2cn(CCCO)c3ncccc23)C(=O)NC1=O. The number of aliphatic hydroxyl groups is 1. The molecule has 0 atom stereocenters. The van der Waals surface area contributed by atoms with Crippen LogP contribution >= 0.6 is 0 Å². The normalized spacial score (nSPS) is 14.5. The molecular formula is C23H29N5O4Si. The molecule has 0 bridgehead atoms. The summed E-state index contributed by atoms with van der Waals surface area (Å²) in [5.74, 6) is -0.555. The molecule has 4 heterocycles. The first-order chi connectivity index (χ1) is 15.8. The highest BCUT2D eigenvalue weighted by Crippen LogP contribution is 2.35. The highest BCUT2D eigenvalue weighted by molar-refractivity contribution is 6.76. The summed E-state index contributed by atoms with van der Waals surface area (Å²) in [5.41, 5.74) is 1.81.